The van der Waals surface area contributed by atoms with Crippen molar-refractivity contribution in [1.29, 1.82) is 0 Å². The van der Waals surface area contributed by atoms with E-state index >= 15 is 0 Å². The van der Waals surface area contributed by atoms with Crippen molar-refractivity contribution in [2.45, 2.75) is 25.8 Å². The van der Waals surface area contributed by atoms with Gasteiger partial charge in [0.2, 0.25) is 5.82 Å². The van der Waals surface area contributed by atoms with Crippen LogP contribution in [0.1, 0.15) is 29.2 Å². The van der Waals surface area contributed by atoms with Gasteiger partial charge in [0.1, 0.15) is 5.82 Å². The van der Waals surface area contributed by atoms with E-state index < -0.39 is 5.97 Å². The molecule has 6 nitrogen and oxygen atoms in total. The number of esters is 1. The molecule has 1 unspecified atom stereocenters. The highest BCUT2D eigenvalue weighted by Crippen LogP contribution is 2.18. The van der Waals surface area contributed by atoms with E-state index in [1.165, 1.54) is 7.11 Å². The van der Waals surface area contributed by atoms with Crippen LogP contribution in [0.3, 0.4) is 0 Å². The summed E-state index contributed by atoms with van der Waals surface area (Å²) in [6, 6.07) is 2.03. The van der Waals surface area contributed by atoms with Gasteiger partial charge in [-0.25, -0.2) is 14.8 Å². The number of aromatic nitrogens is 2. The predicted octanol–water partition coefficient (Wildman–Crippen LogP) is 0.499. The second-order valence-corrected chi connectivity index (χ2v) is 4.53. The van der Waals surface area contributed by atoms with Gasteiger partial charge in [-0.3, -0.25) is 0 Å². The maximum absolute atomic E-state index is 11.5. The summed E-state index contributed by atoms with van der Waals surface area (Å²) >= 11 is 0. The summed E-state index contributed by atoms with van der Waals surface area (Å²) in [5.74, 6) is 0.339. The minimum absolute atomic E-state index is 0.103. The van der Waals surface area contributed by atoms with Crippen molar-refractivity contribution in [3.8, 4) is 0 Å². The number of piperidine rings is 1. The summed E-state index contributed by atoms with van der Waals surface area (Å²) in [6.45, 7) is 3.50. The maximum atomic E-state index is 11.5. The number of nitrogens with zero attached hydrogens (tertiary/aromatic N) is 3. The fourth-order valence-corrected chi connectivity index (χ4v) is 2.11. The third-order valence-electron chi connectivity index (χ3n) is 2.99. The molecule has 0 aromatic carbocycles. The van der Waals surface area contributed by atoms with E-state index in [-0.39, 0.29) is 11.9 Å². The normalized spacial score (nSPS) is 19.7. The van der Waals surface area contributed by atoms with Crippen molar-refractivity contribution in [3.63, 3.8) is 0 Å². The van der Waals surface area contributed by atoms with Crippen LogP contribution in [0.5, 0.6) is 0 Å². The molecular formula is C12H18N4O2. The first-order valence-electron chi connectivity index (χ1n) is 6.04. The molecule has 2 N–H and O–H groups in total. The van der Waals surface area contributed by atoms with Crippen LogP contribution in [0.2, 0.25) is 0 Å². The Morgan fingerprint density at radius 3 is 3.00 bits per heavy atom. The quantitative estimate of drug-likeness (QED) is 0.770. The number of anilines is 1. The van der Waals surface area contributed by atoms with Crippen molar-refractivity contribution in [2.75, 3.05) is 25.1 Å². The van der Waals surface area contributed by atoms with Crippen LogP contribution in [-0.2, 0) is 4.74 Å². The summed E-state index contributed by atoms with van der Waals surface area (Å²) in [7, 11) is 1.32. The van der Waals surface area contributed by atoms with Gasteiger partial charge in [-0.2, -0.15) is 0 Å². The van der Waals surface area contributed by atoms with E-state index in [1.54, 1.807) is 0 Å². The summed E-state index contributed by atoms with van der Waals surface area (Å²) in [4.78, 5) is 21.9. The molecule has 0 amide bonds. The standard InChI is InChI=1S/C12H18N4O2/c1-8-6-10(15-11(14-8)12(17)18-2)16-5-3-4-9(13)7-16/h6,9H,3-5,7,13H2,1-2H3. The molecule has 6 heteroatoms. The Morgan fingerprint density at radius 1 is 1.56 bits per heavy atom. The van der Waals surface area contributed by atoms with Crippen LogP contribution in [0.25, 0.3) is 0 Å². The van der Waals surface area contributed by atoms with Gasteiger partial charge in [0, 0.05) is 30.9 Å². The third kappa shape index (κ3) is 2.76. The van der Waals surface area contributed by atoms with Gasteiger partial charge in [0.25, 0.3) is 0 Å². The first kappa shape index (κ1) is 12.8. The fourth-order valence-electron chi connectivity index (χ4n) is 2.11. The Labute approximate surface area is 106 Å². The van der Waals surface area contributed by atoms with Gasteiger partial charge in [-0.1, -0.05) is 0 Å². The lowest BCUT2D eigenvalue weighted by Gasteiger charge is -2.31. The number of carbonyl (C=O) groups excluding carboxylic acids is 1. The zero-order valence-electron chi connectivity index (χ0n) is 10.7. The maximum Gasteiger partial charge on any atom is 0.376 e. The second kappa shape index (κ2) is 5.30. The molecule has 0 bridgehead atoms. The van der Waals surface area contributed by atoms with Gasteiger partial charge in [-0.05, 0) is 19.8 Å². The molecule has 18 heavy (non-hydrogen) atoms. The largest absolute Gasteiger partial charge is 0.463 e. The molecule has 2 heterocycles. The SMILES string of the molecule is COC(=O)c1nc(C)cc(N2CCCC(N)C2)n1. The molecule has 0 spiro atoms. The fraction of sp³-hybridized carbons (Fsp3) is 0.583. The van der Waals surface area contributed by atoms with Gasteiger partial charge >= 0.3 is 5.97 Å². The summed E-state index contributed by atoms with van der Waals surface area (Å²) in [5, 5.41) is 0. The van der Waals surface area contributed by atoms with Crippen molar-refractivity contribution >= 4 is 11.8 Å². The van der Waals surface area contributed by atoms with Crippen LogP contribution in [0, 0.1) is 6.92 Å². The lowest BCUT2D eigenvalue weighted by atomic mass is 10.1. The molecule has 1 saturated heterocycles. The van der Waals surface area contributed by atoms with Gasteiger partial charge in [-0.15, -0.1) is 0 Å². The number of carbonyl (C=O) groups is 1. The average Bonchev–Trinajstić information content (AvgIpc) is 2.37. The lowest BCUT2D eigenvalue weighted by Crippen LogP contribution is -2.43. The molecule has 1 aliphatic rings. The van der Waals surface area contributed by atoms with Crippen LogP contribution >= 0.6 is 0 Å². The Morgan fingerprint density at radius 2 is 2.33 bits per heavy atom. The van der Waals surface area contributed by atoms with Crippen molar-refractivity contribution < 1.29 is 9.53 Å². The van der Waals surface area contributed by atoms with E-state index in [2.05, 4.69) is 19.6 Å². The van der Waals surface area contributed by atoms with Crippen LogP contribution in [-0.4, -0.2) is 42.2 Å². The molecule has 98 valence electrons. The highest BCUT2D eigenvalue weighted by molar-refractivity contribution is 5.85. The minimum Gasteiger partial charge on any atom is -0.463 e. The van der Waals surface area contributed by atoms with E-state index in [0.717, 1.165) is 37.4 Å². The molecular weight excluding hydrogens is 232 g/mol. The lowest BCUT2D eigenvalue weighted by molar-refractivity contribution is 0.0586. The van der Waals surface area contributed by atoms with Crippen LogP contribution < -0.4 is 10.6 Å². The Bertz CT molecular complexity index is 450. The first-order chi connectivity index (χ1) is 8.60. The molecule has 1 aromatic heterocycles. The second-order valence-electron chi connectivity index (χ2n) is 4.53. The van der Waals surface area contributed by atoms with Crippen molar-refractivity contribution in [1.82, 2.24) is 9.97 Å². The molecule has 2 rings (SSSR count). The van der Waals surface area contributed by atoms with Crippen LogP contribution in [0.4, 0.5) is 5.82 Å². The molecule has 1 fully saturated rings. The van der Waals surface area contributed by atoms with Crippen molar-refractivity contribution in [2.24, 2.45) is 5.73 Å². The number of rotatable bonds is 2. The smallest absolute Gasteiger partial charge is 0.376 e. The monoisotopic (exact) mass is 250 g/mol. The molecule has 1 atom stereocenters. The number of hydrogen-bond acceptors (Lipinski definition) is 6. The summed E-state index contributed by atoms with van der Waals surface area (Å²) < 4.78 is 4.65. The van der Waals surface area contributed by atoms with Gasteiger partial charge in [0.15, 0.2) is 0 Å². The molecule has 1 aromatic rings. The van der Waals surface area contributed by atoms with Gasteiger partial charge < -0.3 is 15.4 Å². The molecule has 0 radical (unpaired) electrons. The Hall–Kier alpha value is -1.69. The molecule has 1 aliphatic heterocycles. The van der Waals surface area contributed by atoms with E-state index in [1.807, 2.05) is 13.0 Å². The van der Waals surface area contributed by atoms with Gasteiger partial charge in [0.05, 0.1) is 7.11 Å². The summed E-state index contributed by atoms with van der Waals surface area (Å²) in [5.41, 5.74) is 6.70. The molecule has 0 aliphatic carbocycles. The minimum atomic E-state index is -0.513. The van der Waals surface area contributed by atoms with E-state index in [0.29, 0.717) is 0 Å². The number of methoxy groups -OCH3 is 1. The highest BCUT2D eigenvalue weighted by atomic mass is 16.5. The van der Waals surface area contributed by atoms with Crippen molar-refractivity contribution in [3.05, 3.63) is 17.6 Å². The zero-order valence-corrected chi connectivity index (χ0v) is 10.7. The number of aryl methyl sites for hydroxylation is 1. The van der Waals surface area contributed by atoms with E-state index in [9.17, 15) is 4.79 Å². The zero-order chi connectivity index (χ0) is 13.1. The van der Waals surface area contributed by atoms with Crippen LogP contribution in [0.15, 0.2) is 6.07 Å². The Balaban J connectivity index is 2.27. The third-order valence-corrected chi connectivity index (χ3v) is 2.99. The number of hydrogen-bond donors (Lipinski definition) is 1. The number of ether oxygens (including phenoxy) is 1. The number of nitrogens with two attached hydrogens (primary N) is 1. The molecule has 0 saturated carbocycles. The predicted molar refractivity (Wildman–Crippen MR) is 67.5 cm³/mol. The highest BCUT2D eigenvalue weighted by Gasteiger charge is 2.20. The topological polar surface area (TPSA) is 81.3 Å². The van der Waals surface area contributed by atoms with E-state index in [4.69, 9.17) is 5.73 Å². The first-order valence-corrected chi connectivity index (χ1v) is 6.04. The Kier molecular flexibility index (Phi) is 3.76. The average molecular weight is 250 g/mol. The summed E-state index contributed by atoms with van der Waals surface area (Å²) in [6.07, 6.45) is 2.07.